The standard InChI is InChI=1S/C26H31FN8O/c1-17-21(27)8-7-19-14-20(18(2)30-25-22-6-5-9-35(22)29-16-28-25)26(31-24(17)19)34-12-10-33(11-13-34)23(36)15-32(3)4/h5-9,14,16,18H,10-13,15H2,1-4H3,(H,28,29,30)/t18-/m0/s1. The van der Waals surface area contributed by atoms with E-state index in [1.807, 2.05) is 42.2 Å². The maximum absolute atomic E-state index is 14.4. The molecule has 0 unspecified atom stereocenters. The molecule has 1 aliphatic heterocycles. The molecule has 36 heavy (non-hydrogen) atoms. The Morgan fingerprint density at radius 1 is 1.19 bits per heavy atom. The SMILES string of the molecule is Cc1c(F)ccc2cc([C@H](C)Nc3ncnn4cccc34)c(N3CCN(C(=O)CN(C)C)CC3)nc12. The van der Waals surface area contributed by atoms with Gasteiger partial charge in [0.2, 0.25) is 5.91 Å². The third-order valence-electron chi connectivity index (χ3n) is 6.72. The molecular weight excluding hydrogens is 459 g/mol. The van der Waals surface area contributed by atoms with E-state index in [2.05, 4.69) is 33.3 Å². The van der Waals surface area contributed by atoms with Gasteiger partial charge in [-0.1, -0.05) is 0 Å². The van der Waals surface area contributed by atoms with Crippen molar-refractivity contribution in [1.29, 1.82) is 0 Å². The largest absolute Gasteiger partial charge is 0.362 e. The Hall–Kier alpha value is -3.79. The van der Waals surface area contributed by atoms with Crippen molar-refractivity contribution < 1.29 is 9.18 Å². The van der Waals surface area contributed by atoms with Gasteiger partial charge in [-0.15, -0.1) is 0 Å². The van der Waals surface area contributed by atoms with Crippen molar-refractivity contribution >= 4 is 34.0 Å². The summed E-state index contributed by atoms with van der Waals surface area (Å²) < 4.78 is 16.2. The fourth-order valence-corrected chi connectivity index (χ4v) is 4.73. The Labute approximate surface area is 209 Å². The van der Waals surface area contributed by atoms with Crippen LogP contribution in [-0.4, -0.2) is 82.1 Å². The fourth-order valence-electron chi connectivity index (χ4n) is 4.73. The van der Waals surface area contributed by atoms with E-state index in [1.165, 1.54) is 12.4 Å². The van der Waals surface area contributed by atoms with Gasteiger partial charge in [-0.2, -0.15) is 5.10 Å². The van der Waals surface area contributed by atoms with Gasteiger partial charge >= 0.3 is 0 Å². The van der Waals surface area contributed by atoms with Crippen molar-refractivity contribution in [3.63, 3.8) is 0 Å². The topological polar surface area (TPSA) is 81.9 Å². The summed E-state index contributed by atoms with van der Waals surface area (Å²) in [4.78, 5) is 28.0. The molecule has 4 heterocycles. The lowest BCUT2D eigenvalue weighted by Gasteiger charge is -2.37. The highest BCUT2D eigenvalue weighted by Gasteiger charge is 2.26. The second-order valence-corrected chi connectivity index (χ2v) is 9.56. The van der Waals surface area contributed by atoms with Gasteiger partial charge in [0.15, 0.2) is 5.82 Å². The first-order valence-electron chi connectivity index (χ1n) is 12.1. The summed E-state index contributed by atoms with van der Waals surface area (Å²) in [5.41, 5.74) is 3.06. The number of anilines is 2. The number of hydrogen-bond donors (Lipinski definition) is 1. The lowest BCUT2D eigenvalue weighted by Crippen LogP contribution is -2.51. The van der Waals surface area contributed by atoms with Gasteiger partial charge in [0, 0.05) is 48.9 Å². The zero-order valence-corrected chi connectivity index (χ0v) is 21.1. The predicted molar refractivity (Wildman–Crippen MR) is 139 cm³/mol. The highest BCUT2D eigenvalue weighted by atomic mass is 19.1. The lowest BCUT2D eigenvalue weighted by atomic mass is 10.0. The van der Waals surface area contributed by atoms with Gasteiger partial charge < -0.3 is 20.0 Å². The lowest BCUT2D eigenvalue weighted by molar-refractivity contribution is -0.132. The monoisotopic (exact) mass is 490 g/mol. The fraction of sp³-hybridized carbons (Fsp3) is 0.385. The highest BCUT2D eigenvalue weighted by molar-refractivity contribution is 5.85. The average Bonchev–Trinajstić information content (AvgIpc) is 3.35. The minimum absolute atomic E-state index is 0.124. The van der Waals surface area contributed by atoms with Crippen LogP contribution in [0.1, 0.15) is 24.1 Å². The van der Waals surface area contributed by atoms with Gasteiger partial charge in [0.25, 0.3) is 0 Å². The Morgan fingerprint density at radius 2 is 1.97 bits per heavy atom. The number of carbonyl (C=O) groups is 1. The summed E-state index contributed by atoms with van der Waals surface area (Å²) in [7, 11) is 3.79. The van der Waals surface area contributed by atoms with Crippen molar-refractivity contribution in [2.75, 3.05) is 57.0 Å². The van der Waals surface area contributed by atoms with Gasteiger partial charge in [-0.05, 0) is 58.3 Å². The molecule has 1 N–H and O–H groups in total. The minimum Gasteiger partial charge on any atom is -0.362 e. The number of amides is 1. The number of hydrogen-bond acceptors (Lipinski definition) is 7. The number of pyridine rings is 1. The number of nitrogens with zero attached hydrogens (tertiary/aromatic N) is 7. The summed E-state index contributed by atoms with van der Waals surface area (Å²) in [5.74, 6) is 1.38. The van der Waals surface area contributed by atoms with Crippen LogP contribution in [0.5, 0.6) is 0 Å². The molecule has 4 aromatic rings. The number of benzene rings is 1. The Kier molecular flexibility index (Phi) is 6.44. The summed E-state index contributed by atoms with van der Waals surface area (Å²) in [6, 6.07) is 9.11. The zero-order chi connectivity index (χ0) is 25.4. The van der Waals surface area contributed by atoms with E-state index in [4.69, 9.17) is 4.98 Å². The quantitative estimate of drug-likeness (QED) is 0.445. The third-order valence-corrected chi connectivity index (χ3v) is 6.72. The van der Waals surface area contributed by atoms with E-state index in [0.29, 0.717) is 43.8 Å². The van der Waals surface area contributed by atoms with Gasteiger partial charge in [-0.3, -0.25) is 4.79 Å². The second-order valence-electron chi connectivity index (χ2n) is 9.56. The highest BCUT2D eigenvalue weighted by Crippen LogP contribution is 2.33. The van der Waals surface area contributed by atoms with Crippen LogP contribution in [-0.2, 0) is 4.79 Å². The number of rotatable bonds is 6. The molecule has 5 rings (SSSR count). The van der Waals surface area contributed by atoms with E-state index >= 15 is 0 Å². The van der Waals surface area contributed by atoms with Crippen LogP contribution in [0, 0.1) is 12.7 Å². The van der Waals surface area contributed by atoms with Crippen LogP contribution in [0.25, 0.3) is 16.4 Å². The van der Waals surface area contributed by atoms with E-state index in [1.54, 1.807) is 17.5 Å². The number of aryl methyl sites for hydroxylation is 1. The van der Waals surface area contributed by atoms with Crippen molar-refractivity contribution in [1.82, 2.24) is 29.4 Å². The minimum atomic E-state index is -0.268. The maximum Gasteiger partial charge on any atom is 0.236 e. The molecule has 9 nitrogen and oxygen atoms in total. The molecule has 0 radical (unpaired) electrons. The second kappa shape index (κ2) is 9.69. The van der Waals surface area contributed by atoms with Crippen molar-refractivity contribution in [3.8, 4) is 0 Å². The molecular formula is C26H31FN8O. The molecule has 188 valence electrons. The molecule has 10 heteroatoms. The van der Waals surface area contributed by atoms with E-state index in [9.17, 15) is 9.18 Å². The third kappa shape index (κ3) is 4.56. The van der Waals surface area contributed by atoms with E-state index in [0.717, 1.165) is 28.1 Å². The van der Waals surface area contributed by atoms with Gasteiger partial charge in [-0.25, -0.2) is 18.9 Å². The average molecular weight is 491 g/mol. The van der Waals surface area contributed by atoms with Crippen molar-refractivity contribution in [2.45, 2.75) is 19.9 Å². The molecule has 3 aromatic heterocycles. The Bertz CT molecular complexity index is 1410. The number of aromatic nitrogens is 4. The molecule has 0 spiro atoms. The normalized spacial score (nSPS) is 15.2. The van der Waals surface area contributed by atoms with Gasteiger partial charge in [0.05, 0.1) is 18.1 Å². The molecule has 1 saturated heterocycles. The summed E-state index contributed by atoms with van der Waals surface area (Å²) in [6.07, 6.45) is 3.40. The van der Waals surface area contributed by atoms with Crippen LogP contribution >= 0.6 is 0 Å². The summed E-state index contributed by atoms with van der Waals surface area (Å²) >= 11 is 0. The number of fused-ring (bicyclic) bond motifs is 2. The molecule has 1 aromatic carbocycles. The molecule has 0 bridgehead atoms. The van der Waals surface area contributed by atoms with Gasteiger partial charge in [0.1, 0.15) is 23.5 Å². The molecule has 1 aliphatic rings. The number of halogens is 1. The Balaban J connectivity index is 1.49. The molecule has 1 fully saturated rings. The first-order valence-corrected chi connectivity index (χ1v) is 12.1. The van der Waals surface area contributed by atoms with Crippen molar-refractivity contribution in [2.24, 2.45) is 0 Å². The Morgan fingerprint density at radius 3 is 2.72 bits per heavy atom. The van der Waals surface area contributed by atoms with Crippen molar-refractivity contribution in [3.05, 3.63) is 59.8 Å². The molecule has 0 aliphatic carbocycles. The maximum atomic E-state index is 14.4. The predicted octanol–water partition coefficient (Wildman–Crippen LogP) is 3.11. The number of piperazine rings is 1. The number of carbonyl (C=O) groups excluding carboxylic acids is 1. The number of nitrogens with one attached hydrogen (secondary N) is 1. The summed E-state index contributed by atoms with van der Waals surface area (Å²) in [6.45, 7) is 6.77. The smallest absolute Gasteiger partial charge is 0.236 e. The van der Waals surface area contributed by atoms with Crippen LogP contribution in [0.2, 0.25) is 0 Å². The van der Waals surface area contributed by atoms with Crippen LogP contribution < -0.4 is 10.2 Å². The first-order chi connectivity index (χ1) is 17.3. The number of likely N-dealkylation sites (N-methyl/N-ethyl adjacent to an activating group) is 1. The molecule has 1 atom stereocenters. The van der Waals surface area contributed by atoms with Crippen LogP contribution in [0.4, 0.5) is 16.0 Å². The van der Waals surface area contributed by atoms with Crippen LogP contribution in [0.15, 0.2) is 42.9 Å². The van der Waals surface area contributed by atoms with E-state index < -0.39 is 0 Å². The first kappa shape index (κ1) is 23.9. The zero-order valence-electron chi connectivity index (χ0n) is 21.1. The van der Waals surface area contributed by atoms with Crippen LogP contribution in [0.3, 0.4) is 0 Å². The molecule has 1 amide bonds. The molecule has 0 saturated carbocycles. The summed E-state index contributed by atoms with van der Waals surface area (Å²) in [5, 5.41) is 8.65. The van der Waals surface area contributed by atoms with E-state index in [-0.39, 0.29) is 17.8 Å².